The van der Waals surface area contributed by atoms with Gasteiger partial charge in [-0.1, -0.05) is 17.7 Å². The van der Waals surface area contributed by atoms with E-state index in [9.17, 15) is 0 Å². The Morgan fingerprint density at radius 2 is 2.19 bits per heavy atom. The molecule has 1 aromatic heterocycles. The van der Waals surface area contributed by atoms with Gasteiger partial charge in [-0.15, -0.1) is 23.1 Å². The second-order valence-corrected chi connectivity index (χ2v) is 5.41. The van der Waals surface area contributed by atoms with Gasteiger partial charge in [-0.05, 0) is 12.1 Å². The molecule has 0 aliphatic carbocycles. The topological polar surface area (TPSA) is 64.9 Å². The summed E-state index contributed by atoms with van der Waals surface area (Å²) in [5, 5.41) is 3.20. The summed E-state index contributed by atoms with van der Waals surface area (Å²) >= 11 is 9.07. The van der Waals surface area contributed by atoms with Crippen LogP contribution in [-0.2, 0) is 5.75 Å². The summed E-state index contributed by atoms with van der Waals surface area (Å²) < 4.78 is 0. The number of hydrogen-bond donors (Lipinski definition) is 2. The second-order valence-electron chi connectivity index (χ2n) is 3.12. The maximum absolute atomic E-state index is 6.06. The standard InChI is InChI=1S/C10H10ClN3S2/c11-7-2-1-3-8(12)9(7)15-4-6-5-16-10(13)14-6/h1-3,5H,4,12H2,(H2,13,14). The normalized spacial score (nSPS) is 10.6. The van der Waals surface area contributed by atoms with Gasteiger partial charge in [-0.2, -0.15) is 0 Å². The molecule has 0 radical (unpaired) electrons. The van der Waals surface area contributed by atoms with E-state index >= 15 is 0 Å². The number of aromatic nitrogens is 1. The summed E-state index contributed by atoms with van der Waals surface area (Å²) in [4.78, 5) is 5.08. The van der Waals surface area contributed by atoms with Gasteiger partial charge in [0.1, 0.15) is 0 Å². The minimum absolute atomic E-state index is 0.586. The monoisotopic (exact) mass is 271 g/mol. The molecule has 0 spiro atoms. The zero-order chi connectivity index (χ0) is 11.5. The van der Waals surface area contributed by atoms with Crippen molar-refractivity contribution in [1.82, 2.24) is 4.98 Å². The molecule has 2 rings (SSSR count). The summed E-state index contributed by atoms with van der Waals surface area (Å²) in [6, 6.07) is 5.50. The fourth-order valence-corrected chi connectivity index (χ4v) is 3.11. The molecule has 0 amide bonds. The molecule has 84 valence electrons. The van der Waals surface area contributed by atoms with Crippen molar-refractivity contribution in [3.8, 4) is 0 Å². The lowest BCUT2D eigenvalue weighted by atomic mass is 10.3. The van der Waals surface area contributed by atoms with Gasteiger partial charge in [0.2, 0.25) is 0 Å². The Hall–Kier alpha value is -0.910. The van der Waals surface area contributed by atoms with E-state index < -0.39 is 0 Å². The number of hydrogen-bond acceptors (Lipinski definition) is 5. The van der Waals surface area contributed by atoms with E-state index in [4.69, 9.17) is 23.1 Å². The van der Waals surface area contributed by atoms with Crippen molar-refractivity contribution < 1.29 is 0 Å². The third kappa shape index (κ3) is 2.61. The number of halogens is 1. The van der Waals surface area contributed by atoms with Gasteiger partial charge in [0.25, 0.3) is 0 Å². The highest BCUT2D eigenvalue weighted by molar-refractivity contribution is 7.98. The van der Waals surface area contributed by atoms with Crippen LogP contribution in [0.2, 0.25) is 5.02 Å². The van der Waals surface area contributed by atoms with Gasteiger partial charge in [0, 0.05) is 21.7 Å². The van der Waals surface area contributed by atoms with Crippen LogP contribution in [0.4, 0.5) is 10.8 Å². The molecule has 3 nitrogen and oxygen atoms in total. The van der Waals surface area contributed by atoms with Crippen molar-refractivity contribution in [1.29, 1.82) is 0 Å². The van der Waals surface area contributed by atoms with Gasteiger partial charge in [-0.25, -0.2) is 4.98 Å². The first-order valence-electron chi connectivity index (χ1n) is 4.53. The van der Waals surface area contributed by atoms with Gasteiger partial charge in [0.05, 0.1) is 10.7 Å². The van der Waals surface area contributed by atoms with Gasteiger partial charge < -0.3 is 11.5 Å². The van der Waals surface area contributed by atoms with Gasteiger partial charge >= 0.3 is 0 Å². The van der Waals surface area contributed by atoms with Crippen LogP contribution in [0.5, 0.6) is 0 Å². The maximum atomic E-state index is 6.06. The SMILES string of the molecule is Nc1nc(CSc2c(N)cccc2Cl)cs1. The quantitative estimate of drug-likeness (QED) is 0.664. The number of thioether (sulfide) groups is 1. The van der Waals surface area contributed by atoms with Gasteiger partial charge in [-0.3, -0.25) is 0 Å². The Bertz CT molecular complexity index is 478. The third-order valence-electron chi connectivity index (χ3n) is 1.93. The highest BCUT2D eigenvalue weighted by Crippen LogP contribution is 2.34. The van der Waals surface area contributed by atoms with Crippen molar-refractivity contribution in [3.05, 3.63) is 34.3 Å². The lowest BCUT2D eigenvalue weighted by molar-refractivity contribution is 1.24. The van der Waals surface area contributed by atoms with Crippen molar-refractivity contribution in [3.63, 3.8) is 0 Å². The second kappa shape index (κ2) is 4.95. The average Bonchev–Trinajstić information content (AvgIpc) is 2.63. The predicted octanol–water partition coefficient (Wildman–Crippen LogP) is 3.25. The van der Waals surface area contributed by atoms with Crippen LogP contribution in [0.15, 0.2) is 28.5 Å². The van der Waals surface area contributed by atoms with E-state index in [1.165, 1.54) is 11.3 Å². The van der Waals surface area contributed by atoms with E-state index in [1.54, 1.807) is 11.8 Å². The van der Waals surface area contributed by atoms with Crippen LogP contribution in [-0.4, -0.2) is 4.98 Å². The lowest BCUT2D eigenvalue weighted by Gasteiger charge is -2.05. The van der Waals surface area contributed by atoms with Crippen LogP contribution >= 0.6 is 34.7 Å². The molecular weight excluding hydrogens is 262 g/mol. The maximum Gasteiger partial charge on any atom is 0.180 e. The molecule has 6 heteroatoms. The third-order valence-corrected chi connectivity index (χ3v) is 4.27. The first-order chi connectivity index (χ1) is 7.66. The fourth-order valence-electron chi connectivity index (χ4n) is 1.21. The number of thiazole rings is 1. The molecule has 0 saturated heterocycles. The first-order valence-corrected chi connectivity index (χ1v) is 6.78. The zero-order valence-electron chi connectivity index (χ0n) is 8.31. The Morgan fingerprint density at radius 3 is 2.81 bits per heavy atom. The molecule has 0 fully saturated rings. The van der Waals surface area contributed by atoms with Gasteiger partial charge in [0.15, 0.2) is 5.13 Å². The van der Waals surface area contributed by atoms with Crippen LogP contribution in [0.1, 0.15) is 5.69 Å². The Morgan fingerprint density at radius 1 is 1.38 bits per heavy atom. The zero-order valence-corrected chi connectivity index (χ0v) is 10.7. The fraction of sp³-hybridized carbons (Fsp3) is 0.100. The number of benzene rings is 1. The van der Waals surface area contributed by atoms with Crippen molar-refractivity contribution in [2.45, 2.75) is 10.6 Å². The summed E-state index contributed by atoms with van der Waals surface area (Å²) in [6.45, 7) is 0. The molecule has 16 heavy (non-hydrogen) atoms. The highest BCUT2D eigenvalue weighted by atomic mass is 35.5. The smallest absolute Gasteiger partial charge is 0.180 e. The van der Waals surface area contributed by atoms with Crippen LogP contribution < -0.4 is 11.5 Å². The summed E-state index contributed by atoms with van der Waals surface area (Å²) in [7, 11) is 0. The summed E-state index contributed by atoms with van der Waals surface area (Å²) in [6.07, 6.45) is 0. The Labute approximate surface area is 107 Å². The largest absolute Gasteiger partial charge is 0.398 e. The molecule has 4 N–H and O–H groups in total. The Kier molecular flexibility index (Phi) is 3.58. The molecule has 0 bridgehead atoms. The number of nitrogens with zero attached hydrogens (tertiary/aromatic N) is 1. The summed E-state index contributed by atoms with van der Waals surface area (Å²) in [5.74, 6) is 0.724. The van der Waals surface area contributed by atoms with Crippen LogP contribution in [0, 0.1) is 0 Å². The van der Waals surface area contributed by atoms with Crippen molar-refractivity contribution >= 4 is 45.5 Å². The first kappa shape index (κ1) is 11.6. The number of nitrogen functional groups attached to an aromatic ring is 2. The van der Waals surface area contributed by atoms with E-state index in [-0.39, 0.29) is 0 Å². The van der Waals surface area contributed by atoms with E-state index in [0.717, 1.165) is 16.3 Å². The molecule has 1 heterocycles. The summed E-state index contributed by atoms with van der Waals surface area (Å²) in [5.41, 5.74) is 13.0. The van der Waals surface area contributed by atoms with Crippen molar-refractivity contribution in [2.24, 2.45) is 0 Å². The molecule has 0 aliphatic rings. The number of rotatable bonds is 3. The predicted molar refractivity (Wildman–Crippen MR) is 72.0 cm³/mol. The number of anilines is 2. The van der Waals surface area contributed by atoms with Crippen LogP contribution in [0.25, 0.3) is 0 Å². The van der Waals surface area contributed by atoms with E-state index in [1.807, 2.05) is 23.6 Å². The minimum Gasteiger partial charge on any atom is -0.398 e. The Balaban J connectivity index is 2.10. The minimum atomic E-state index is 0.586. The average molecular weight is 272 g/mol. The molecule has 0 saturated carbocycles. The molecule has 1 aromatic carbocycles. The highest BCUT2D eigenvalue weighted by Gasteiger charge is 2.06. The van der Waals surface area contributed by atoms with E-state index in [2.05, 4.69) is 4.98 Å². The molecule has 0 unspecified atom stereocenters. The van der Waals surface area contributed by atoms with E-state index in [0.29, 0.717) is 15.8 Å². The molecular formula is C10H10ClN3S2. The lowest BCUT2D eigenvalue weighted by Crippen LogP contribution is -1.90. The molecule has 0 atom stereocenters. The molecule has 2 aromatic rings. The molecule has 0 aliphatic heterocycles. The van der Waals surface area contributed by atoms with Crippen LogP contribution in [0.3, 0.4) is 0 Å². The van der Waals surface area contributed by atoms with Crippen molar-refractivity contribution in [2.75, 3.05) is 11.5 Å². The number of nitrogens with two attached hydrogens (primary N) is 2.